The maximum absolute atomic E-state index is 13.1. The van der Waals surface area contributed by atoms with Crippen molar-refractivity contribution < 1.29 is 24.0 Å². The molecule has 0 heterocycles. The third kappa shape index (κ3) is 6.44. The zero-order valence-corrected chi connectivity index (χ0v) is 19.0. The van der Waals surface area contributed by atoms with Crippen molar-refractivity contribution in [1.82, 2.24) is 10.2 Å². The number of nitro groups is 1. The van der Waals surface area contributed by atoms with Crippen LogP contribution in [0, 0.1) is 17.0 Å². The number of methoxy groups -OCH3 is 1. The summed E-state index contributed by atoms with van der Waals surface area (Å²) < 4.78 is 10.6. The van der Waals surface area contributed by atoms with Gasteiger partial charge in [-0.1, -0.05) is 24.3 Å². The summed E-state index contributed by atoms with van der Waals surface area (Å²) in [5, 5.41) is 13.9. The summed E-state index contributed by atoms with van der Waals surface area (Å²) in [6.07, 6.45) is 0. The van der Waals surface area contributed by atoms with Gasteiger partial charge in [-0.25, -0.2) is 0 Å². The molecule has 0 aliphatic heterocycles. The molecule has 0 unspecified atom stereocenters. The third-order valence-electron chi connectivity index (χ3n) is 4.91. The van der Waals surface area contributed by atoms with Gasteiger partial charge in [0.05, 0.1) is 12.0 Å². The van der Waals surface area contributed by atoms with Gasteiger partial charge in [-0.3, -0.25) is 19.7 Å². The zero-order valence-electron chi connectivity index (χ0n) is 19.0. The van der Waals surface area contributed by atoms with E-state index in [4.69, 9.17) is 9.47 Å². The van der Waals surface area contributed by atoms with Gasteiger partial charge in [0.15, 0.2) is 6.61 Å². The van der Waals surface area contributed by atoms with E-state index in [1.807, 2.05) is 45.0 Å². The molecular weight excluding hydrogens is 414 g/mol. The summed E-state index contributed by atoms with van der Waals surface area (Å²) in [7, 11) is 1.32. The van der Waals surface area contributed by atoms with E-state index < -0.39 is 16.9 Å². The number of ether oxygens (including phenoxy) is 2. The maximum atomic E-state index is 13.1. The zero-order chi connectivity index (χ0) is 23.8. The Bertz CT molecular complexity index is 976. The van der Waals surface area contributed by atoms with Crippen LogP contribution in [-0.2, 0) is 16.1 Å². The Morgan fingerprint density at radius 1 is 1.16 bits per heavy atom. The van der Waals surface area contributed by atoms with Crippen molar-refractivity contribution in [3.05, 3.63) is 63.7 Å². The van der Waals surface area contributed by atoms with Crippen LogP contribution in [0.2, 0.25) is 0 Å². The highest BCUT2D eigenvalue weighted by Gasteiger charge is 2.27. The molecule has 0 fully saturated rings. The van der Waals surface area contributed by atoms with Crippen molar-refractivity contribution in [3.63, 3.8) is 0 Å². The first-order chi connectivity index (χ1) is 15.1. The van der Waals surface area contributed by atoms with Gasteiger partial charge in [-0.15, -0.1) is 0 Å². The molecule has 0 saturated carbocycles. The predicted octanol–water partition coefficient (Wildman–Crippen LogP) is 3.23. The Hall–Kier alpha value is -3.62. The molecule has 2 rings (SSSR count). The first kappa shape index (κ1) is 24.6. The molecule has 0 aliphatic carbocycles. The van der Waals surface area contributed by atoms with Gasteiger partial charge in [0.2, 0.25) is 11.7 Å². The lowest BCUT2D eigenvalue weighted by molar-refractivity contribution is -0.385. The van der Waals surface area contributed by atoms with E-state index in [1.54, 1.807) is 6.92 Å². The highest BCUT2D eigenvalue weighted by atomic mass is 16.6. The van der Waals surface area contributed by atoms with Crippen LogP contribution in [0.3, 0.4) is 0 Å². The summed E-state index contributed by atoms with van der Waals surface area (Å²) in [6, 6.07) is 10.8. The fourth-order valence-corrected chi connectivity index (χ4v) is 3.09. The van der Waals surface area contributed by atoms with Gasteiger partial charge in [-0.2, -0.15) is 0 Å². The van der Waals surface area contributed by atoms with Crippen LogP contribution in [0.1, 0.15) is 31.9 Å². The average Bonchev–Trinajstić information content (AvgIpc) is 2.75. The van der Waals surface area contributed by atoms with E-state index in [-0.39, 0.29) is 42.3 Å². The molecule has 0 aromatic heterocycles. The fourth-order valence-electron chi connectivity index (χ4n) is 3.09. The van der Waals surface area contributed by atoms with Gasteiger partial charge >= 0.3 is 5.69 Å². The molecule has 9 nitrogen and oxygen atoms in total. The molecule has 2 amide bonds. The molecule has 0 radical (unpaired) electrons. The Morgan fingerprint density at radius 2 is 1.84 bits per heavy atom. The second-order valence-electron chi connectivity index (χ2n) is 7.67. The van der Waals surface area contributed by atoms with Crippen LogP contribution in [0.15, 0.2) is 42.5 Å². The monoisotopic (exact) mass is 443 g/mol. The molecule has 0 bridgehead atoms. The molecule has 172 valence electrons. The lowest BCUT2D eigenvalue weighted by Crippen LogP contribution is -2.50. The highest BCUT2D eigenvalue weighted by Crippen LogP contribution is 2.30. The normalized spacial score (nSPS) is 11.6. The molecule has 9 heteroatoms. The number of hydrogen-bond acceptors (Lipinski definition) is 6. The predicted molar refractivity (Wildman–Crippen MR) is 120 cm³/mol. The molecule has 1 atom stereocenters. The second-order valence-corrected chi connectivity index (χ2v) is 7.67. The van der Waals surface area contributed by atoms with E-state index in [2.05, 4.69) is 5.32 Å². The van der Waals surface area contributed by atoms with Gasteiger partial charge in [0, 0.05) is 24.7 Å². The summed E-state index contributed by atoms with van der Waals surface area (Å²) in [4.78, 5) is 37.6. The number of benzene rings is 2. The van der Waals surface area contributed by atoms with E-state index in [9.17, 15) is 19.7 Å². The summed E-state index contributed by atoms with van der Waals surface area (Å²) >= 11 is 0. The number of hydrogen-bond donors (Lipinski definition) is 1. The summed E-state index contributed by atoms with van der Waals surface area (Å²) in [5.74, 6) is -0.381. The van der Waals surface area contributed by atoms with E-state index in [0.717, 1.165) is 11.1 Å². The lowest BCUT2D eigenvalue weighted by Gasteiger charge is -2.29. The number of nitrogens with one attached hydrogen (secondary N) is 1. The van der Waals surface area contributed by atoms with Crippen LogP contribution in [-0.4, -0.2) is 47.4 Å². The first-order valence-electron chi connectivity index (χ1n) is 10.2. The number of amides is 2. The number of carbonyl (C=O) groups is 2. The summed E-state index contributed by atoms with van der Waals surface area (Å²) in [5.41, 5.74) is 1.72. The van der Waals surface area contributed by atoms with Crippen molar-refractivity contribution in [2.45, 2.75) is 46.3 Å². The minimum atomic E-state index is -0.723. The molecule has 0 spiro atoms. The van der Waals surface area contributed by atoms with Crippen molar-refractivity contribution in [1.29, 1.82) is 0 Å². The van der Waals surface area contributed by atoms with E-state index >= 15 is 0 Å². The van der Waals surface area contributed by atoms with Crippen molar-refractivity contribution >= 4 is 17.5 Å². The molecule has 2 aromatic rings. The lowest BCUT2D eigenvalue weighted by atomic mass is 10.1. The quantitative estimate of drug-likeness (QED) is 0.446. The van der Waals surface area contributed by atoms with Gasteiger partial charge in [0.25, 0.3) is 5.91 Å². The second kappa shape index (κ2) is 11.1. The first-order valence-corrected chi connectivity index (χ1v) is 10.2. The highest BCUT2D eigenvalue weighted by molar-refractivity contribution is 5.88. The maximum Gasteiger partial charge on any atom is 0.311 e. The van der Waals surface area contributed by atoms with Crippen molar-refractivity contribution in [2.75, 3.05) is 13.7 Å². The molecule has 2 aromatic carbocycles. The molecule has 32 heavy (non-hydrogen) atoms. The van der Waals surface area contributed by atoms with Crippen molar-refractivity contribution in [2.24, 2.45) is 0 Å². The standard InChI is InChI=1S/C23H29N3O6/c1-15(2)24-23(28)17(4)25(13-18-9-7-6-8-16(18)3)22(27)14-32-19-10-11-20(26(29)30)21(12-19)31-5/h6-12,15,17H,13-14H2,1-5H3,(H,24,28)/t17-/m0/s1. The minimum Gasteiger partial charge on any atom is -0.490 e. The van der Waals surface area contributed by atoms with E-state index in [1.165, 1.54) is 30.2 Å². The van der Waals surface area contributed by atoms with Crippen LogP contribution in [0.25, 0.3) is 0 Å². The number of rotatable bonds is 10. The van der Waals surface area contributed by atoms with Crippen LogP contribution in [0.4, 0.5) is 5.69 Å². The number of aryl methyl sites for hydroxylation is 1. The third-order valence-corrected chi connectivity index (χ3v) is 4.91. The van der Waals surface area contributed by atoms with Gasteiger partial charge < -0.3 is 19.7 Å². The summed E-state index contributed by atoms with van der Waals surface area (Å²) in [6.45, 7) is 7.21. The number of nitrogens with zero attached hydrogens (tertiary/aromatic N) is 2. The Kier molecular flexibility index (Phi) is 8.57. The van der Waals surface area contributed by atoms with Crippen LogP contribution in [0.5, 0.6) is 11.5 Å². The van der Waals surface area contributed by atoms with Gasteiger partial charge in [-0.05, 0) is 44.9 Å². The molecule has 0 aliphatic rings. The molecule has 1 N–H and O–H groups in total. The van der Waals surface area contributed by atoms with Crippen molar-refractivity contribution in [3.8, 4) is 11.5 Å². The average molecular weight is 444 g/mol. The SMILES string of the molecule is COc1cc(OCC(=O)N(Cc2ccccc2C)[C@@H](C)C(=O)NC(C)C)ccc1[N+](=O)[O-]. The fraction of sp³-hybridized carbons (Fsp3) is 0.391. The van der Waals surface area contributed by atoms with Crippen LogP contribution >= 0.6 is 0 Å². The number of carbonyl (C=O) groups excluding carboxylic acids is 2. The Balaban J connectivity index is 2.21. The number of nitro benzene ring substituents is 1. The molecule has 0 saturated heterocycles. The van der Waals surface area contributed by atoms with E-state index in [0.29, 0.717) is 0 Å². The minimum absolute atomic E-state index is 0.0291. The topological polar surface area (TPSA) is 111 Å². The van der Waals surface area contributed by atoms with Gasteiger partial charge in [0.1, 0.15) is 11.8 Å². The Labute approximate surface area is 187 Å². The van der Waals surface area contributed by atoms with Crippen LogP contribution < -0.4 is 14.8 Å². The Morgan fingerprint density at radius 3 is 2.44 bits per heavy atom. The largest absolute Gasteiger partial charge is 0.490 e. The molecular formula is C23H29N3O6. The smallest absolute Gasteiger partial charge is 0.311 e.